The number of hydrogen-bond donors (Lipinski definition) is 2. The third kappa shape index (κ3) is 5.10. The maximum Gasteiger partial charge on any atom is 0.336 e. The molecule has 0 radical (unpaired) electrons. The van der Waals surface area contributed by atoms with E-state index < -0.39 is 18.0 Å². The summed E-state index contributed by atoms with van der Waals surface area (Å²) in [4.78, 5) is 31.3. The molecule has 1 atom stereocenters. The Morgan fingerprint density at radius 2 is 1.58 bits per heavy atom. The minimum absolute atomic E-state index is 0.261. The van der Waals surface area contributed by atoms with Gasteiger partial charge in [0.2, 0.25) is 0 Å². The summed E-state index contributed by atoms with van der Waals surface area (Å²) in [5, 5.41) is 19.9. The van der Waals surface area contributed by atoms with Gasteiger partial charge in [0.25, 0.3) is 0 Å². The van der Waals surface area contributed by atoms with E-state index in [4.69, 9.17) is 4.98 Å². The number of imidazole rings is 1. The molecule has 3 aromatic carbocycles. The second-order valence-electron chi connectivity index (χ2n) is 9.69. The van der Waals surface area contributed by atoms with Gasteiger partial charge >= 0.3 is 11.9 Å². The Labute approximate surface area is 222 Å². The maximum atomic E-state index is 12.6. The van der Waals surface area contributed by atoms with Crippen molar-refractivity contribution in [3.63, 3.8) is 0 Å². The first kappa shape index (κ1) is 25.4. The average Bonchev–Trinajstić information content (AvgIpc) is 3.26. The minimum atomic E-state index is -0.960. The Morgan fingerprint density at radius 1 is 0.895 bits per heavy atom. The molecule has 7 heteroatoms. The zero-order chi connectivity index (χ0) is 26.6. The highest BCUT2D eigenvalue weighted by Crippen LogP contribution is 2.33. The molecule has 5 rings (SSSR count). The van der Waals surface area contributed by atoms with E-state index in [1.54, 1.807) is 12.1 Å². The molecule has 0 fully saturated rings. The second-order valence-corrected chi connectivity index (χ2v) is 9.69. The lowest BCUT2D eigenvalue weighted by Crippen LogP contribution is -2.40. The SMILES string of the molecule is CCCc1nc2c(n1Cc1ccc(-c3ccccc3C(=O)O)cc1)C(C(=O)O)N(Cc1ccccc1)CC2. The van der Waals surface area contributed by atoms with Crippen LogP contribution >= 0.6 is 0 Å². The Morgan fingerprint density at radius 3 is 2.26 bits per heavy atom. The highest BCUT2D eigenvalue weighted by Gasteiger charge is 2.37. The van der Waals surface area contributed by atoms with Crippen molar-refractivity contribution in [2.45, 2.75) is 45.3 Å². The second kappa shape index (κ2) is 11.0. The predicted molar refractivity (Wildman–Crippen MR) is 145 cm³/mol. The van der Waals surface area contributed by atoms with E-state index in [1.807, 2.05) is 71.6 Å². The number of fused-ring (bicyclic) bond motifs is 1. The van der Waals surface area contributed by atoms with Crippen LogP contribution in [0.5, 0.6) is 0 Å². The van der Waals surface area contributed by atoms with Crippen molar-refractivity contribution >= 4 is 11.9 Å². The third-order valence-corrected chi connectivity index (χ3v) is 7.12. The fourth-order valence-corrected chi connectivity index (χ4v) is 5.36. The first-order chi connectivity index (χ1) is 18.5. The molecule has 7 nitrogen and oxygen atoms in total. The number of benzene rings is 3. The van der Waals surface area contributed by atoms with Crippen LogP contribution < -0.4 is 0 Å². The standard InChI is InChI=1S/C31H31N3O4/c1-2-8-27-32-26-17-18-33(19-21-9-4-3-5-10-21)29(31(37)38)28(26)34(27)20-22-13-15-23(16-14-22)24-11-6-7-12-25(24)30(35)36/h3-7,9-16,29H,2,8,17-20H2,1H3,(H,35,36)(H,37,38). The topological polar surface area (TPSA) is 95.7 Å². The molecule has 1 aromatic heterocycles. The van der Waals surface area contributed by atoms with Crippen molar-refractivity contribution in [2.24, 2.45) is 0 Å². The predicted octanol–water partition coefficient (Wildman–Crippen LogP) is 5.43. The smallest absolute Gasteiger partial charge is 0.336 e. The van der Waals surface area contributed by atoms with Gasteiger partial charge in [-0.25, -0.2) is 9.78 Å². The summed E-state index contributed by atoms with van der Waals surface area (Å²) >= 11 is 0. The molecular formula is C31H31N3O4. The summed E-state index contributed by atoms with van der Waals surface area (Å²) in [7, 11) is 0. The Balaban J connectivity index is 1.49. The largest absolute Gasteiger partial charge is 0.480 e. The summed E-state index contributed by atoms with van der Waals surface area (Å²) < 4.78 is 2.09. The van der Waals surface area contributed by atoms with Crippen molar-refractivity contribution in [3.8, 4) is 11.1 Å². The van der Waals surface area contributed by atoms with Crippen LogP contribution in [0.1, 0.15) is 58.1 Å². The lowest BCUT2D eigenvalue weighted by atomic mass is 9.98. The number of aryl methyl sites for hydroxylation is 1. The lowest BCUT2D eigenvalue weighted by Gasteiger charge is -2.33. The third-order valence-electron chi connectivity index (χ3n) is 7.12. The van der Waals surface area contributed by atoms with Gasteiger partial charge in [-0.2, -0.15) is 0 Å². The van der Waals surface area contributed by atoms with E-state index in [1.165, 1.54) is 0 Å². The Hall–Kier alpha value is -4.23. The Kier molecular flexibility index (Phi) is 7.38. The van der Waals surface area contributed by atoms with Gasteiger partial charge in [-0.05, 0) is 34.7 Å². The van der Waals surface area contributed by atoms with Crippen LogP contribution in [0.4, 0.5) is 0 Å². The molecule has 38 heavy (non-hydrogen) atoms. The molecule has 1 aliphatic heterocycles. The van der Waals surface area contributed by atoms with E-state index in [0.717, 1.165) is 46.7 Å². The van der Waals surface area contributed by atoms with E-state index >= 15 is 0 Å². The Bertz CT molecular complexity index is 1440. The van der Waals surface area contributed by atoms with Gasteiger partial charge in [0.15, 0.2) is 6.04 Å². The fraction of sp³-hybridized carbons (Fsp3) is 0.258. The van der Waals surface area contributed by atoms with Crippen molar-refractivity contribution in [3.05, 3.63) is 113 Å². The zero-order valence-electron chi connectivity index (χ0n) is 21.4. The van der Waals surface area contributed by atoms with E-state index in [2.05, 4.69) is 11.5 Å². The van der Waals surface area contributed by atoms with Crippen molar-refractivity contribution in [1.29, 1.82) is 0 Å². The molecule has 4 aromatic rings. The van der Waals surface area contributed by atoms with Crippen molar-refractivity contribution in [1.82, 2.24) is 14.5 Å². The fourth-order valence-electron chi connectivity index (χ4n) is 5.36. The maximum absolute atomic E-state index is 12.6. The van der Waals surface area contributed by atoms with Crippen LogP contribution in [0.2, 0.25) is 0 Å². The molecule has 1 unspecified atom stereocenters. The first-order valence-electron chi connectivity index (χ1n) is 13.0. The van der Waals surface area contributed by atoms with Gasteiger partial charge < -0.3 is 14.8 Å². The number of aliphatic carboxylic acids is 1. The normalized spacial score (nSPS) is 15.2. The van der Waals surface area contributed by atoms with Gasteiger partial charge in [0.05, 0.1) is 17.0 Å². The van der Waals surface area contributed by atoms with Gasteiger partial charge in [-0.15, -0.1) is 0 Å². The van der Waals surface area contributed by atoms with Gasteiger partial charge in [0.1, 0.15) is 5.82 Å². The molecule has 0 spiro atoms. The van der Waals surface area contributed by atoms with Crippen LogP contribution in [0.25, 0.3) is 11.1 Å². The molecule has 1 aliphatic rings. The van der Waals surface area contributed by atoms with Crippen molar-refractivity contribution in [2.75, 3.05) is 6.54 Å². The molecule has 194 valence electrons. The molecule has 0 saturated carbocycles. The van der Waals surface area contributed by atoms with Crippen LogP contribution in [-0.2, 0) is 30.7 Å². The molecule has 0 saturated heterocycles. The first-order valence-corrected chi connectivity index (χ1v) is 13.0. The average molecular weight is 510 g/mol. The van der Waals surface area contributed by atoms with Crippen LogP contribution in [0, 0.1) is 0 Å². The quantitative estimate of drug-likeness (QED) is 0.312. The molecule has 2 heterocycles. The van der Waals surface area contributed by atoms with Gasteiger partial charge in [0, 0.05) is 32.5 Å². The number of carboxylic acid groups (broad SMARTS) is 2. The van der Waals surface area contributed by atoms with E-state index in [-0.39, 0.29) is 5.56 Å². The zero-order valence-corrected chi connectivity index (χ0v) is 21.4. The summed E-state index contributed by atoms with van der Waals surface area (Å²) in [6.07, 6.45) is 2.38. The lowest BCUT2D eigenvalue weighted by molar-refractivity contribution is -0.144. The summed E-state index contributed by atoms with van der Waals surface area (Å²) in [5.74, 6) is -0.920. The highest BCUT2D eigenvalue weighted by molar-refractivity contribution is 5.96. The summed E-state index contributed by atoms with van der Waals surface area (Å²) in [6.45, 7) is 3.80. The minimum Gasteiger partial charge on any atom is -0.480 e. The number of aromatic nitrogens is 2. The summed E-state index contributed by atoms with van der Waals surface area (Å²) in [5.41, 5.74) is 5.48. The molecule has 2 N–H and O–H groups in total. The molecule has 0 bridgehead atoms. The number of carbonyl (C=O) groups is 2. The monoisotopic (exact) mass is 509 g/mol. The molecule has 0 aliphatic carbocycles. The van der Waals surface area contributed by atoms with Crippen LogP contribution in [-0.4, -0.2) is 43.1 Å². The van der Waals surface area contributed by atoms with Gasteiger partial charge in [-0.3, -0.25) is 9.69 Å². The van der Waals surface area contributed by atoms with Crippen LogP contribution in [0.3, 0.4) is 0 Å². The summed E-state index contributed by atoms with van der Waals surface area (Å²) in [6, 6.07) is 24.0. The number of nitrogens with zero attached hydrogens (tertiary/aromatic N) is 3. The van der Waals surface area contributed by atoms with E-state index in [9.17, 15) is 19.8 Å². The van der Waals surface area contributed by atoms with E-state index in [0.29, 0.717) is 31.6 Å². The van der Waals surface area contributed by atoms with Gasteiger partial charge in [-0.1, -0.05) is 79.7 Å². The number of rotatable bonds is 9. The molecular weight excluding hydrogens is 478 g/mol. The number of carboxylic acids is 2. The number of hydrogen-bond acceptors (Lipinski definition) is 4. The van der Waals surface area contributed by atoms with Crippen LogP contribution in [0.15, 0.2) is 78.9 Å². The van der Waals surface area contributed by atoms with Crippen molar-refractivity contribution < 1.29 is 19.8 Å². The highest BCUT2D eigenvalue weighted by atomic mass is 16.4. The number of aromatic carboxylic acids is 1. The molecule has 0 amide bonds.